The molecule has 0 saturated carbocycles. The van der Waals surface area contributed by atoms with E-state index in [0.29, 0.717) is 5.56 Å². The van der Waals surface area contributed by atoms with Crippen LogP contribution in [-0.4, -0.2) is 17.8 Å². The number of hydrogen-bond acceptors (Lipinski definition) is 3. The fourth-order valence-corrected chi connectivity index (χ4v) is 5.57. The van der Waals surface area contributed by atoms with E-state index in [1.807, 2.05) is 67.6 Å². The Balaban J connectivity index is 1.63. The van der Waals surface area contributed by atoms with E-state index in [1.165, 1.54) is 4.31 Å². The van der Waals surface area contributed by atoms with E-state index in [1.54, 1.807) is 30.3 Å². The summed E-state index contributed by atoms with van der Waals surface area (Å²) in [5.41, 5.74) is 5.65. The van der Waals surface area contributed by atoms with E-state index in [9.17, 15) is 13.5 Å². The molecule has 0 bridgehead atoms. The summed E-state index contributed by atoms with van der Waals surface area (Å²) in [4.78, 5) is 0.241. The van der Waals surface area contributed by atoms with Gasteiger partial charge in [-0.2, -0.15) is 4.31 Å². The van der Waals surface area contributed by atoms with Gasteiger partial charge in [0, 0.05) is 35.3 Å². The molecule has 0 saturated heterocycles. The lowest BCUT2D eigenvalue weighted by molar-refractivity contribution is 0.422. The molecule has 0 atom stereocenters. The highest BCUT2D eigenvalue weighted by molar-refractivity contribution is 7.89. The zero-order valence-electron chi connectivity index (χ0n) is 18.7. The molecule has 4 aromatic rings. The second kappa shape index (κ2) is 8.83. The summed E-state index contributed by atoms with van der Waals surface area (Å²) in [5, 5.41) is 10.9. The largest absolute Gasteiger partial charge is 0.508 e. The molecule has 0 fully saturated rings. The summed E-state index contributed by atoms with van der Waals surface area (Å²) >= 11 is 0. The molecule has 4 aromatic carbocycles. The van der Waals surface area contributed by atoms with Crippen LogP contribution in [0.5, 0.6) is 5.75 Å². The Labute approximate surface area is 200 Å². The fourth-order valence-electron chi connectivity index (χ4n) is 4.20. The molecule has 0 aliphatic carbocycles. The van der Waals surface area contributed by atoms with Crippen LogP contribution in [0.15, 0.2) is 95.9 Å². The van der Waals surface area contributed by atoms with Crippen LogP contribution >= 0.6 is 0 Å². The fraction of sp³-hybridized carbons (Fsp3) is 0.103. The number of fused-ring (bicyclic) bond motifs is 1. The van der Waals surface area contributed by atoms with E-state index in [2.05, 4.69) is 11.8 Å². The van der Waals surface area contributed by atoms with Crippen LogP contribution in [0.1, 0.15) is 27.8 Å². The van der Waals surface area contributed by atoms with Gasteiger partial charge >= 0.3 is 0 Å². The predicted molar refractivity (Wildman–Crippen MR) is 134 cm³/mol. The van der Waals surface area contributed by atoms with Crippen molar-refractivity contribution in [2.24, 2.45) is 0 Å². The molecular formula is C29H23NO3S. The maximum atomic E-state index is 13.4. The highest BCUT2D eigenvalue weighted by atomic mass is 32.2. The molecular weight excluding hydrogens is 442 g/mol. The number of aromatic hydroxyl groups is 1. The van der Waals surface area contributed by atoms with Gasteiger partial charge in [0.15, 0.2) is 0 Å². The zero-order chi connectivity index (χ0) is 23.7. The standard InChI is InChI=1S/C29H23NO3S/c1-21-12-15-24(16-13-21)34(32,33)30-19-27-25(17-14-22-8-4-2-5-9-22)26(18-29(31)28(27)20-30)23-10-6-3-7-11-23/h2-13,15-16,18,31H,19-20H2,1H3. The van der Waals surface area contributed by atoms with Crippen molar-refractivity contribution in [2.45, 2.75) is 24.9 Å². The third-order valence-corrected chi connectivity index (χ3v) is 7.85. The average molecular weight is 466 g/mol. The van der Waals surface area contributed by atoms with E-state index in [0.717, 1.165) is 33.4 Å². The molecule has 5 rings (SSSR count). The summed E-state index contributed by atoms with van der Waals surface area (Å²) in [6.45, 7) is 2.17. The van der Waals surface area contributed by atoms with Crippen molar-refractivity contribution in [3.63, 3.8) is 0 Å². The van der Waals surface area contributed by atoms with Crippen molar-refractivity contribution < 1.29 is 13.5 Å². The molecule has 1 aliphatic heterocycles. The average Bonchev–Trinajstić information content (AvgIpc) is 3.32. The second-order valence-corrected chi connectivity index (χ2v) is 10.3. The third-order valence-electron chi connectivity index (χ3n) is 6.04. The third kappa shape index (κ3) is 4.10. The molecule has 0 unspecified atom stereocenters. The maximum absolute atomic E-state index is 13.4. The zero-order valence-corrected chi connectivity index (χ0v) is 19.5. The topological polar surface area (TPSA) is 57.6 Å². The van der Waals surface area contributed by atoms with Crippen LogP contribution in [0.25, 0.3) is 11.1 Å². The van der Waals surface area contributed by atoms with Crippen molar-refractivity contribution in [1.29, 1.82) is 0 Å². The van der Waals surface area contributed by atoms with Crippen molar-refractivity contribution in [1.82, 2.24) is 4.31 Å². The number of phenolic OH excluding ortho intramolecular Hbond substituents is 1. The Bertz CT molecular complexity index is 1520. The molecule has 1 aliphatic rings. The molecule has 0 amide bonds. The highest BCUT2D eigenvalue weighted by Crippen LogP contribution is 2.40. The van der Waals surface area contributed by atoms with Gasteiger partial charge in [-0.05, 0) is 48.4 Å². The molecule has 0 spiro atoms. The molecule has 4 nitrogen and oxygen atoms in total. The van der Waals surface area contributed by atoms with Gasteiger partial charge in [-0.15, -0.1) is 0 Å². The maximum Gasteiger partial charge on any atom is 0.243 e. The molecule has 1 N–H and O–H groups in total. The Morgan fingerprint density at radius 2 is 1.41 bits per heavy atom. The first-order chi connectivity index (χ1) is 16.4. The Morgan fingerprint density at radius 3 is 2.09 bits per heavy atom. The Kier molecular flexibility index (Phi) is 5.70. The van der Waals surface area contributed by atoms with Crippen LogP contribution in [-0.2, 0) is 23.1 Å². The number of rotatable bonds is 3. The van der Waals surface area contributed by atoms with Gasteiger partial charge in [0.1, 0.15) is 5.75 Å². The minimum atomic E-state index is -3.73. The van der Waals surface area contributed by atoms with Gasteiger partial charge in [0.05, 0.1) is 4.90 Å². The van der Waals surface area contributed by atoms with Crippen molar-refractivity contribution in [3.8, 4) is 28.7 Å². The first-order valence-electron chi connectivity index (χ1n) is 11.0. The van der Waals surface area contributed by atoms with Gasteiger partial charge in [0.2, 0.25) is 10.0 Å². The van der Waals surface area contributed by atoms with Gasteiger partial charge in [0.25, 0.3) is 0 Å². The lowest BCUT2D eigenvalue weighted by Gasteiger charge is -2.16. The minimum Gasteiger partial charge on any atom is -0.508 e. The van der Waals surface area contributed by atoms with Crippen molar-refractivity contribution >= 4 is 10.0 Å². The minimum absolute atomic E-state index is 0.0840. The molecule has 5 heteroatoms. The normalized spacial score (nSPS) is 13.2. The molecule has 0 aromatic heterocycles. The van der Waals surface area contributed by atoms with Gasteiger partial charge in [-0.3, -0.25) is 0 Å². The van der Waals surface area contributed by atoms with E-state index >= 15 is 0 Å². The quantitative estimate of drug-likeness (QED) is 0.408. The SMILES string of the molecule is Cc1ccc(S(=O)(=O)N2Cc3c(O)cc(-c4ccccc4)c(C#Cc4ccccc4)c3C2)cc1. The van der Waals surface area contributed by atoms with Crippen molar-refractivity contribution in [2.75, 3.05) is 0 Å². The predicted octanol–water partition coefficient (Wildman–Crippen LogP) is 5.47. The van der Waals surface area contributed by atoms with Crippen LogP contribution in [0.4, 0.5) is 0 Å². The van der Waals surface area contributed by atoms with Gasteiger partial charge in [-0.25, -0.2) is 8.42 Å². The number of sulfonamides is 1. The van der Waals surface area contributed by atoms with Crippen LogP contribution in [0.3, 0.4) is 0 Å². The molecule has 168 valence electrons. The number of aryl methyl sites for hydroxylation is 1. The summed E-state index contributed by atoms with van der Waals surface area (Å²) in [6.07, 6.45) is 0. The number of hydrogen-bond donors (Lipinski definition) is 1. The van der Waals surface area contributed by atoms with E-state index in [4.69, 9.17) is 0 Å². The smallest absolute Gasteiger partial charge is 0.243 e. The van der Waals surface area contributed by atoms with E-state index in [-0.39, 0.29) is 23.7 Å². The number of benzene rings is 4. The number of nitrogens with zero attached hydrogens (tertiary/aromatic N) is 1. The molecule has 34 heavy (non-hydrogen) atoms. The lowest BCUT2D eigenvalue weighted by atomic mass is 9.92. The summed E-state index contributed by atoms with van der Waals surface area (Å²) in [5.74, 6) is 6.59. The molecule has 0 radical (unpaired) electrons. The number of phenols is 1. The Morgan fingerprint density at radius 1 is 0.794 bits per heavy atom. The van der Waals surface area contributed by atoms with Crippen LogP contribution < -0.4 is 0 Å². The van der Waals surface area contributed by atoms with Crippen LogP contribution in [0.2, 0.25) is 0 Å². The lowest BCUT2D eigenvalue weighted by Crippen LogP contribution is -2.25. The first kappa shape index (κ1) is 22.0. The second-order valence-electron chi connectivity index (χ2n) is 8.34. The van der Waals surface area contributed by atoms with Crippen LogP contribution in [0, 0.1) is 18.8 Å². The summed E-state index contributed by atoms with van der Waals surface area (Å²) in [7, 11) is -3.73. The monoisotopic (exact) mass is 465 g/mol. The molecule has 1 heterocycles. The summed E-state index contributed by atoms with van der Waals surface area (Å²) < 4.78 is 28.2. The van der Waals surface area contributed by atoms with Gasteiger partial charge in [-0.1, -0.05) is 78.1 Å². The first-order valence-corrected chi connectivity index (χ1v) is 12.4. The van der Waals surface area contributed by atoms with Crippen molar-refractivity contribution in [3.05, 3.63) is 119 Å². The summed E-state index contributed by atoms with van der Waals surface area (Å²) in [6, 6.07) is 27.9. The Hall–Kier alpha value is -3.85. The highest BCUT2D eigenvalue weighted by Gasteiger charge is 2.34. The van der Waals surface area contributed by atoms with E-state index < -0.39 is 10.0 Å². The van der Waals surface area contributed by atoms with Gasteiger partial charge < -0.3 is 5.11 Å².